The van der Waals surface area contributed by atoms with Gasteiger partial charge in [-0.05, 0) is 140 Å². The number of carbonyl (C=O) groups is 9. The van der Waals surface area contributed by atoms with Crippen molar-refractivity contribution in [2.45, 2.75) is 183 Å². The number of Topliss-reactive ketones (excluding diaryl/α,β-unsaturated/α-hetero) is 3. The summed E-state index contributed by atoms with van der Waals surface area (Å²) < 4.78 is 82.6. The van der Waals surface area contributed by atoms with E-state index in [-0.39, 0.29) is 70.7 Å². The van der Waals surface area contributed by atoms with E-state index in [4.69, 9.17) is 57.4 Å². The molecule has 7 aliphatic heterocycles. The van der Waals surface area contributed by atoms with Gasteiger partial charge in [-0.1, -0.05) is 62.2 Å². The number of fused-ring (bicyclic) bond motifs is 15. The molecule has 668 valence electrons. The highest BCUT2D eigenvalue weighted by atomic mass is 35.5. The fraction of sp³-hybridized carbons (Fsp3) is 0.417. The van der Waals surface area contributed by atoms with Crippen LogP contribution >= 0.6 is 23.2 Å². The molecule has 2 fully saturated rings. The SMILES string of the molecule is CC[C@H](CC(C)C)C(=O)N[C@H]1C(=O)C[C@@H](CC(N)=O)C(=O)NC2C(=O)CC3C(=O)N[C@H](C(=O)N[C@@H](C(=O)O)c4cc(O)cc(O)c4-c4cc3ccc4O)[C@H](O)c3ccc(c(Cl)c3)Oc3cc2cc(c3OC2O[C@H](CO)[C@@H](O)[C@H](O)[C@H]2O[C@H]2C[C@](C)(NCCn3ccc(NCC(=O)c4ccc(OC(F)(F)F)cc4)nc3=O)[C@H](O)[C@H](C)O2)Oc2ccc(cc2Cl)[C@H]1O. The number of nitrogens with one attached hydrogen (secondary N) is 6. The van der Waals surface area contributed by atoms with E-state index in [1.807, 2.05) is 13.8 Å². The van der Waals surface area contributed by atoms with Crippen LogP contribution in [0.5, 0.6) is 51.7 Å². The quantitative estimate of drug-likeness (QED) is 0.0367. The van der Waals surface area contributed by atoms with Gasteiger partial charge in [0.1, 0.15) is 89.0 Å². The maximum atomic E-state index is 16.4. The summed E-state index contributed by atoms with van der Waals surface area (Å²) in [6, 6.07) is 10.6. The number of aromatic hydroxyl groups is 3. The topological polar surface area (TPSA) is 554 Å². The molecular weight excluding hydrogens is 1690 g/mol. The highest BCUT2D eigenvalue weighted by molar-refractivity contribution is 6.32. The number of aliphatic carboxylic acids is 1. The Balaban J connectivity index is 0.971. The van der Waals surface area contributed by atoms with Crippen LogP contribution in [0.25, 0.3) is 11.1 Å². The van der Waals surface area contributed by atoms with Crippen LogP contribution in [0, 0.1) is 17.8 Å². The number of anilines is 1. The summed E-state index contributed by atoms with van der Waals surface area (Å²) in [5, 5.41) is 132. The average molecular weight is 1790 g/mol. The van der Waals surface area contributed by atoms with Crippen molar-refractivity contribution in [1.29, 1.82) is 0 Å². The van der Waals surface area contributed by atoms with Crippen LogP contribution in [-0.4, -0.2) is 206 Å². The lowest BCUT2D eigenvalue weighted by atomic mass is 9.84. The number of ketones is 3. The van der Waals surface area contributed by atoms with Crippen molar-refractivity contribution in [2.24, 2.45) is 23.5 Å². The highest BCUT2D eigenvalue weighted by Crippen LogP contribution is 2.51. The predicted octanol–water partition coefficient (Wildman–Crippen LogP) is 5.60. The molecule has 0 spiro atoms. The number of amides is 5. The summed E-state index contributed by atoms with van der Waals surface area (Å²) in [6.45, 7) is 6.84. The molecule has 18 N–H and O–H groups in total. The molecule has 1 aromatic heterocycles. The number of aliphatic hydroxyl groups excluding tert-OH is 6. The van der Waals surface area contributed by atoms with Gasteiger partial charge in [0, 0.05) is 84.7 Å². The molecule has 5 amide bonds. The number of carboxylic acid groups (broad SMARTS) is 1. The Morgan fingerprint density at radius 1 is 0.752 bits per heavy atom. The molecule has 6 aromatic carbocycles. The standard InChI is InChI=1S/C84H90Cl2F3N9O27/c1-6-37(21-35(2)3)76(112)96-67-53(103)25-43(28-61(90)106)77(113)94-65-42-26-58(120-56-15-10-40(69(67)107)23-49(56)85)73(59(27-42)121-57-16-11-41(24-50(57)86)70(108)68-79(115)95-66(80(116)117)48-29-44(100)30-52(102)64(48)47-22-39(9-14-51(47)101)46(31-54(65)104)78(114)97-68)124-81-74(72(110)71(109)60(34-99)122-81)123-63-32-83(5,75(111)36(4)119-63)92-18-20-98-19-17-62(93-82(98)118)91-33-55(105)38-7-12-45(13-8-38)125-84(87,88)89/h7-17,19,22-24,26-27,29-30,35-37,43,46,60,63,65-72,74-75,81,92,99-102,107-111H,6,18,20-21,25,28,31-34H2,1-5H3,(H2,90,106)(H,94,113)(H,95,115)(H,96,112)(H,97,114)(H,116,117)(H,91,93,118)/t36-,37+,43-,46?,60+,63-,65?,66+,67-,68-,69+,70+,71+,72-,74+,75+,81?,83-/m0/s1. The molecule has 3 unspecified atom stereocenters. The Morgan fingerprint density at radius 3 is 2.02 bits per heavy atom. The normalized spacial score (nSPS) is 26.2. The number of carboxylic acids is 1. The van der Waals surface area contributed by atoms with E-state index in [0.717, 1.165) is 91.0 Å². The van der Waals surface area contributed by atoms with Crippen molar-refractivity contribution in [3.63, 3.8) is 0 Å². The largest absolute Gasteiger partial charge is 0.573 e. The number of primary amides is 1. The van der Waals surface area contributed by atoms with Gasteiger partial charge in [0.2, 0.25) is 41.6 Å². The first kappa shape index (κ1) is 92.6. The number of ether oxygens (including phenoxy) is 7. The van der Waals surface area contributed by atoms with Gasteiger partial charge >= 0.3 is 18.0 Å². The van der Waals surface area contributed by atoms with E-state index in [1.165, 1.54) is 35.9 Å². The number of carbonyl (C=O) groups excluding carboxylic acids is 8. The summed E-state index contributed by atoms with van der Waals surface area (Å²) in [7, 11) is 0. The Morgan fingerprint density at radius 2 is 1.41 bits per heavy atom. The number of nitrogens with two attached hydrogens (primary N) is 1. The van der Waals surface area contributed by atoms with Crippen LogP contribution in [0.1, 0.15) is 142 Å². The summed E-state index contributed by atoms with van der Waals surface area (Å²) in [5.74, 6) is -21.0. The maximum absolute atomic E-state index is 16.4. The number of aliphatic hydroxyl groups is 6. The Hall–Kier alpha value is -11.6. The molecular formula is C84H90Cl2F3N9O27. The number of rotatable bonds is 22. The molecule has 14 rings (SSSR count). The molecule has 0 aliphatic carbocycles. The Bertz CT molecular complexity index is 5360. The molecule has 36 nitrogen and oxygen atoms in total. The van der Waals surface area contributed by atoms with Crippen molar-refractivity contribution in [3.05, 3.63) is 169 Å². The van der Waals surface area contributed by atoms with Crippen molar-refractivity contribution in [2.75, 3.05) is 25.0 Å². The second-order valence-electron chi connectivity index (χ2n) is 31.5. The lowest BCUT2D eigenvalue weighted by molar-refractivity contribution is -0.334. The van der Waals surface area contributed by atoms with Gasteiger partial charge in [0.05, 0.1) is 47.2 Å². The number of nitrogens with zero attached hydrogens (tertiary/aromatic N) is 2. The molecule has 7 aliphatic rings. The number of hydrogen-bond donors (Lipinski definition) is 17. The summed E-state index contributed by atoms with van der Waals surface area (Å²) in [5.41, 5.74) is 0.943. The van der Waals surface area contributed by atoms with Crippen LogP contribution < -0.4 is 62.3 Å². The third-order valence-electron chi connectivity index (χ3n) is 22.2. The van der Waals surface area contributed by atoms with Gasteiger partial charge in [-0.3, -0.25) is 42.9 Å². The molecule has 2 saturated heterocycles. The molecule has 0 saturated carbocycles. The molecule has 18 atom stereocenters. The molecule has 125 heavy (non-hydrogen) atoms. The zero-order valence-corrected chi connectivity index (χ0v) is 68.7. The zero-order valence-electron chi connectivity index (χ0n) is 67.2. The second kappa shape index (κ2) is 38.5. The van der Waals surface area contributed by atoms with Gasteiger partial charge in [-0.2, -0.15) is 4.98 Å². The Labute approximate surface area is 719 Å². The number of aromatic nitrogens is 2. The first-order valence-electron chi connectivity index (χ1n) is 39.5. The smallest absolute Gasteiger partial charge is 0.508 e. The minimum Gasteiger partial charge on any atom is -0.508 e. The van der Waals surface area contributed by atoms with E-state index in [0.29, 0.717) is 6.42 Å². The van der Waals surface area contributed by atoms with Crippen LogP contribution in [0.15, 0.2) is 120 Å². The highest BCUT2D eigenvalue weighted by Gasteiger charge is 2.52. The zero-order chi connectivity index (χ0) is 90.7. The van der Waals surface area contributed by atoms with Crippen molar-refractivity contribution in [1.82, 2.24) is 36.1 Å². The Kier molecular flexibility index (Phi) is 28.5. The van der Waals surface area contributed by atoms with Crippen molar-refractivity contribution in [3.8, 4) is 62.9 Å². The fourth-order valence-electron chi connectivity index (χ4n) is 15.7. The molecule has 7 aromatic rings. The number of phenols is 3. The molecule has 8 heterocycles. The minimum absolute atomic E-state index is 0.0239. The van der Waals surface area contributed by atoms with E-state index in [2.05, 4.69) is 41.6 Å². The van der Waals surface area contributed by atoms with Crippen molar-refractivity contribution >= 4 is 81.9 Å². The van der Waals surface area contributed by atoms with Gasteiger partial charge in [-0.15, -0.1) is 13.2 Å². The third-order valence-corrected chi connectivity index (χ3v) is 22.8. The molecule has 0 radical (unpaired) electrons. The monoisotopic (exact) mass is 1780 g/mol. The third kappa shape index (κ3) is 21.2. The van der Waals surface area contributed by atoms with Crippen LogP contribution in [-0.2, 0) is 59.1 Å². The van der Waals surface area contributed by atoms with Gasteiger partial charge in [0.25, 0.3) is 0 Å². The first-order valence-corrected chi connectivity index (χ1v) is 40.2. The number of phenolic OH excluding ortho intramolecular Hbond substituents is 3. The van der Waals surface area contributed by atoms with E-state index in [9.17, 15) is 93.0 Å². The van der Waals surface area contributed by atoms with E-state index >= 15 is 19.2 Å². The second-order valence-corrected chi connectivity index (χ2v) is 32.4. The van der Waals surface area contributed by atoms with Gasteiger partial charge in [0.15, 0.2) is 47.3 Å². The first-order chi connectivity index (χ1) is 59.1. The molecule has 11 bridgehead atoms. The molecule has 41 heteroatoms. The van der Waals surface area contributed by atoms with Crippen LogP contribution in [0.4, 0.5) is 19.0 Å². The average Bonchev–Trinajstić information content (AvgIpc) is 0.764. The minimum atomic E-state index is -4.96. The summed E-state index contributed by atoms with van der Waals surface area (Å²) in [6.07, 6.45) is -24.9. The fourth-order valence-corrected chi connectivity index (χ4v) is 16.1. The number of benzene rings is 6. The van der Waals surface area contributed by atoms with E-state index in [1.54, 1.807) is 13.8 Å². The van der Waals surface area contributed by atoms with Crippen LogP contribution in [0.2, 0.25) is 10.0 Å². The number of hydrogen-bond acceptors (Lipinski definition) is 29. The van der Waals surface area contributed by atoms with E-state index < -0.39 is 279 Å². The number of halogens is 5. The summed E-state index contributed by atoms with van der Waals surface area (Å²) >= 11 is 14.3. The van der Waals surface area contributed by atoms with Gasteiger partial charge < -0.3 is 122 Å². The predicted molar refractivity (Wildman–Crippen MR) is 431 cm³/mol. The van der Waals surface area contributed by atoms with Crippen LogP contribution in [0.3, 0.4) is 0 Å². The van der Waals surface area contributed by atoms with Crippen molar-refractivity contribution < 1.29 is 141 Å². The number of alkyl halides is 3. The summed E-state index contributed by atoms with van der Waals surface area (Å²) in [4.78, 5) is 149. The van der Waals surface area contributed by atoms with Gasteiger partial charge in [-0.25, -0.2) is 9.59 Å². The lowest BCUT2D eigenvalue weighted by Crippen LogP contribution is -2.65. The lowest BCUT2D eigenvalue weighted by Gasteiger charge is -2.48. The maximum Gasteiger partial charge on any atom is 0.573 e.